The number of benzene rings is 2. The van der Waals surface area contributed by atoms with Crippen molar-refractivity contribution in [2.45, 2.75) is 157 Å². The molecule has 0 N–H and O–H groups in total. The van der Waals surface area contributed by atoms with E-state index in [0.29, 0.717) is 28.1 Å². The molecule has 1 saturated heterocycles. The summed E-state index contributed by atoms with van der Waals surface area (Å²) < 4.78 is 0. The summed E-state index contributed by atoms with van der Waals surface area (Å²) in [5, 5.41) is 2.37. The molecule has 0 amide bonds. The molecule has 1 heterocycles. The molecule has 3 rings (SSSR count). The Morgan fingerprint density at radius 1 is 0.568 bits per heavy atom. The second-order valence-electron chi connectivity index (χ2n) is 14.3. The summed E-state index contributed by atoms with van der Waals surface area (Å²) in [5.41, 5.74) is 13.9. The van der Waals surface area contributed by atoms with Crippen molar-refractivity contribution < 1.29 is 0 Å². The molecule has 1 heteroatoms. The van der Waals surface area contributed by atoms with Gasteiger partial charge in [0.1, 0.15) is 0 Å². The fraction of sp³-hybridized carbons (Fsp3) is 0.667. The first-order chi connectivity index (χ1) is 17.0. The van der Waals surface area contributed by atoms with Crippen LogP contribution in [0.2, 0.25) is 0 Å². The van der Waals surface area contributed by atoms with Crippen LogP contribution < -0.4 is 5.30 Å². The molecule has 1 fully saturated rings. The predicted molar refractivity (Wildman–Crippen MR) is 171 cm³/mol. The minimum Gasteiger partial charge on any atom is -0.0627 e. The van der Waals surface area contributed by atoms with Crippen molar-refractivity contribution in [3.8, 4) is 11.1 Å². The minimum absolute atomic E-state index is 0.320. The first-order valence-electron chi connectivity index (χ1n) is 15.1. The van der Waals surface area contributed by atoms with Crippen LogP contribution in [0, 0.1) is 27.7 Å². The van der Waals surface area contributed by atoms with E-state index in [1.165, 1.54) is 54.4 Å². The van der Waals surface area contributed by atoms with Crippen LogP contribution in [0.1, 0.15) is 158 Å². The maximum atomic E-state index is 2.61. The maximum Gasteiger partial charge on any atom is -0.00660 e. The molecule has 37 heavy (non-hydrogen) atoms. The highest BCUT2D eigenvalue weighted by Crippen LogP contribution is 2.65. The molecule has 206 valence electrons. The lowest BCUT2D eigenvalue weighted by molar-refractivity contribution is 0.478. The fourth-order valence-corrected chi connectivity index (χ4v) is 11.7. The molecule has 0 radical (unpaired) electrons. The summed E-state index contributed by atoms with van der Waals surface area (Å²) in [4.78, 5) is 0. The third-order valence-corrected chi connectivity index (χ3v) is 13.4. The molecule has 0 unspecified atom stereocenters. The maximum absolute atomic E-state index is 2.61. The van der Waals surface area contributed by atoms with Crippen molar-refractivity contribution in [3.05, 3.63) is 51.1 Å². The summed E-state index contributed by atoms with van der Waals surface area (Å²) in [6.45, 7) is 34.4. The summed E-state index contributed by atoms with van der Waals surface area (Å²) in [7, 11) is -0.390. The van der Waals surface area contributed by atoms with Crippen molar-refractivity contribution in [1.82, 2.24) is 0 Å². The van der Waals surface area contributed by atoms with Crippen molar-refractivity contribution in [2.24, 2.45) is 0 Å². The highest BCUT2D eigenvalue weighted by molar-refractivity contribution is 7.69. The van der Waals surface area contributed by atoms with Crippen LogP contribution in [0.25, 0.3) is 11.1 Å². The van der Waals surface area contributed by atoms with Gasteiger partial charge < -0.3 is 0 Å². The quantitative estimate of drug-likeness (QED) is 0.344. The zero-order valence-electron chi connectivity index (χ0n) is 26.9. The zero-order valence-corrected chi connectivity index (χ0v) is 27.8. The van der Waals surface area contributed by atoms with Gasteiger partial charge in [0, 0.05) is 0 Å². The Balaban J connectivity index is 2.59. The number of hydrogen-bond donors (Lipinski definition) is 0. The van der Waals surface area contributed by atoms with Crippen LogP contribution in [-0.2, 0) is 0 Å². The number of rotatable bonds is 5. The summed E-state index contributed by atoms with van der Waals surface area (Å²) in [6, 6.07) is 5.12. The first-order valence-corrected chi connectivity index (χ1v) is 16.5. The molecular formula is C36H57P. The smallest absolute Gasteiger partial charge is 0.00660 e. The SMILES string of the molecule is Cc1c(C)c(C)c(P2C(C)(C)CCCCCC2(C)C)c(-c2c(C(C)C)cc(C(C)C)cc2C(C)C)c1C. The molecule has 0 bridgehead atoms. The van der Waals surface area contributed by atoms with Crippen LogP contribution in [0.3, 0.4) is 0 Å². The van der Waals surface area contributed by atoms with Gasteiger partial charge in [-0.3, -0.25) is 0 Å². The Kier molecular flexibility index (Phi) is 9.17. The van der Waals surface area contributed by atoms with Gasteiger partial charge >= 0.3 is 0 Å². The Morgan fingerprint density at radius 2 is 1.00 bits per heavy atom. The average Bonchev–Trinajstić information content (AvgIpc) is 2.79. The standard InChI is InChI=1S/C36H57P/c1-22(2)29-20-30(23(3)4)33(31(21-29)24(5)6)32-27(9)25(7)26(8)28(10)34(32)37-35(11,12)18-16-15-17-19-36(37,13)14/h20-24H,15-19H2,1-14H3. The lowest BCUT2D eigenvalue weighted by Gasteiger charge is -2.49. The molecule has 0 nitrogen and oxygen atoms in total. The van der Waals surface area contributed by atoms with Crippen LogP contribution in [0.15, 0.2) is 12.1 Å². The van der Waals surface area contributed by atoms with Crippen molar-refractivity contribution in [1.29, 1.82) is 0 Å². The van der Waals surface area contributed by atoms with Gasteiger partial charge in [0.25, 0.3) is 0 Å². The third-order valence-electron chi connectivity index (χ3n) is 9.55. The molecule has 1 aliphatic heterocycles. The van der Waals surface area contributed by atoms with Gasteiger partial charge in [-0.25, -0.2) is 0 Å². The van der Waals surface area contributed by atoms with Crippen LogP contribution >= 0.6 is 7.92 Å². The zero-order chi connectivity index (χ0) is 28.0. The van der Waals surface area contributed by atoms with Gasteiger partial charge in [-0.1, -0.05) is 109 Å². The molecule has 0 aromatic heterocycles. The largest absolute Gasteiger partial charge is 0.0627 e. The van der Waals surface area contributed by atoms with E-state index in [4.69, 9.17) is 0 Å². The molecule has 0 aliphatic carbocycles. The van der Waals surface area contributed by atoms with Crippen molar-refractivity contribution >= 4 is 13.2 Å². The summed E-state index contributed by atoms with van der Waals surface area (Å²) >= 11 is 0. The van der Waals surface area contributed by atoms with Gasteiger partial charge in [-0.2, -0.15) is 0 Å². The van der Waals surface area contributed by atoms with Crippen LogP contribution in [0.5, 0.6) is 0 Å². The van der Waals surface area contributed by atoms with E-state index in [1.807, 2.05) is 0 Å². The molecule has 1 aliphatic rings. The highest BCUT2D eigenvalue weighted by Gasteiger charge is 2.44. The average molecular weight is 521 g/mol. The lowest BCUT2D eigenvalue weighted by atomic mass is 9.79. The molecular weight excluding hydrogens is 463 g/mol. The Hall–Kier alpha value is -1.13. The Labute approximate surface area is 232 Å². The van der Waals surface area contributed by atoms with Gasteiger partial charge in [0.05, 0.1) is 0 Å². The normalized spacial score (nSPS) is 18.5. The van der Waals surface area contributed by atoms with Crippen molar-refractivity contribution in [2.75, 3.05) is 0 Å². The molecule has 0 atom stereocenters. The summed E-state index contributed by atoms with van der Waals surface area (Å²) in [5.74, 6) is 1.52. The van der Waals surface area contributed by atoms with Crippen LogP contribution in [0.4, 0.5) is 0 Å². The second kappa shape index (κ2) is 11.2. The highest BCUT2D eigenvalue weighted by atomic mass is 31.1. The Bertz CT molecular complexity index is 1080. The van der Waals surface area contributed by atoms with Gasteiger partial charge in [-0.05, 0) is 124 Å². The van der Waals surface area contributed by atoms with E-state index in [-0.39, 0.29) is 0 Å². The summed E-state index contributed by atoms with van der Waals surface area (Å²) in [6.07, 6.45) is 6.82. The van der Waals surface area contributed by atoms with Crippen molar-refractivity contribution in [3.63, 3.8) is 0 Å². The van der Waals surface area contributed by atoms with Gasteiger partial charge in [0.2, 0.25) is 0 Å². The predicted octanol–water partition coefficient (Wildman–Crippen LogP) is 11.6. The fourth-order valence-electron chi connectivity index (χ4n) is 7.06. The van der Waals surface area contributed by atoms with E-state index >= 15 is 0 Å². The van der Waals surface area contributed by atoms with E-state index in [1.54, 1.807) is 33.1 Å². The van der Waals surface area contributed by atoms with E-state index in [9.17, 15) is 0 Å². The van der Waals surface area contributed by atoms with Gasteiger partial charge in [0.15, 0.2) is 0 Å². The van der Waals surface area contributed by atoms with E-state index in [2.05, 4.69) is 109 Å². The van der Waals surface area contributed by atoms with Gasteiger partial charge in [-0.15, -0.1) is 0 Å². The molecule has 2 aromatic carbocycles. The monoisotopic (exact) mass is 520 g/mol. The Morgan fingerprint density at radius 3 is 1.41 bits per heavy atom. The van der Waals surface area contributed by atoms with E-state index < -0.39 is 7.92 Å². The topological polar surface area (TPSA) is 0 Å². The van der Waals surface area contributed by atoms with E-state index in [0.717, 1.165) is 0 Å². The minimum atomic E-state index is -0.390. The number of hydrogen-bond acceptors (Lipinski definition) is 0. The molecule has 0 spiro atoms. The first kappa shape index (κ1) is 30.4. The second-order valence-corrected chi connectivity index (χ2v) is 17.8. The third kappa shape index (κ3) is 5.76. The van der Waals surface area contributed by atoms with Crippen LogP contribution in [-0.4, -0.2) is 10.3 Å². The molecule has 2 aromatic rings. The molecule has 0 saturated carbocycles. The lowest BCUT2D eigenvalue weighted by Crippen LogP contribution is -2.38.